The maximum atomic E-state index is 12.7. The fraction of sp³-hybridized carbons (Fsp3) is 0.100. The Hall–Kier alpha value is -1.82. The lowest BCUT2D eigenvalue weighted by Crippen LogP contribution is -2.12. The molecule has 0 aliphatic heterocycles. The highest BCUT2D eigenvalue weighted by molar-refractivity contribution is 7.10. The van der Waals surface area contributed by atoms with Gasteiger partial charge in [-0.3, -0.25) is 10.2 Å². The van der Waals surface area contributed by atoms with E-state index < -0.39 is 0 Å². The SMILES string of the molecule is CC(=O)c1nn(-c2ccc(F)cc2)c(=N)s1. The quantitative estimate of drug-likeness (QED) is 0.809. The molecule has 0 aliphatic carbocycles. The molecule has 0 aliphatic rings. The molecular formula is C10H8FN3OS. The summed E-state index contributed by atoms with van der Waals surface area (Å²) in [5.41, 5.74) is 0.565. The number of carbonyl (C=O) groups excluding carboxylic acids is 1. The molecule has 0 radical (unpaired) electrons. The first-order chi connectivity index (χ1) is 7.58. The average molecular weight is 237 g/mol. The molecule has 0 bridgehead atoms. The molecule has 0 saturated carbocycles. The molecule has 0 spiro atoms. The second-order valence-electron chi connectivity index (χ2n) is 3.16. The number of nitrogens with one attached hydrogen (secondary N) is 1. The number of ketones is 1. The number of Topliss-reactive ketones (excluding diaryl/α,β-unsaturated/α-hetero) is 1. The second kappa shape index (κ2) is 3.97. The summed E-state index contributed by atoms with van der Waals surface area (Å²) >= 11 is 0.997. The van der Waals surface area contributed by atoms with Crippen LogP contribution in [0, 0.1) is 11.2 Å². The minimum absolute atomic E-state index is 0.136. The first-order valence-electron chi connectivity index (χ1n) is 4.49. The smallest absolute Gasteiger partial charge is 0.205 e. The van der Waals surface area contributed by atoms with Crippen molar-refractivity contribution in [2.45, 2.75) is 6.92 Å². The predicted octanol–water partition coefficient (Wildman–Crippen LogP) is 1.75. The largest absolute Gasteiger partial charge is 0.292 e. The fourth-order valence-corrected chi connectivity index (χ4v) is 1.87. The molecular weight excluding hydrogens is 229 g/mol. The zero-order valence-corrected chi connectivity index (χ0v) is 9.21. The minimum Gasteiger partial charge on any atom is -0.292 e. The lowest BCUT2D eigenvalue weighted by atomic mass is 10.3. The normalized spacial score (nSPS) is 10.4. The van der Waals surface area contributed by atoms with E-state index in [1.54, 1.807) is 0 Å². The third kappa shape index (κ3) is 1.92. The molecule has 0 unspecified atom stereocenters. The number of halogens is 1. The summed E-state index contributed by atoms with van der Waals surface area (Å²) in [6.07, 6.45) is 0. The standard InChI is InChI=1S/C10H8FN3OS/c1-6(15)9-13-14(10(12)16-9)8-4-2-7(11)3-5-8/h2-5,12H,1H3. The molecule has 1 N–H and O–H groups in total. The number of nitrogens with zero attached hydrogens (tertiary/aromatic N) is 2. The van der Waals surface area contributed by atoms with Crippen molar-refractivity contribution in [1.82, 2.24) is 9.78 Å². The van der Waals surface area contributed by atoms with Crippen LogP contribution in [0.5, 0.6) is 0 Å². The molecule has 0 fully saturated rings. The van der Waals surface area contributed by atoms with Crippen molar-refractivity contribution in [3.8, 4) is 5.69 Å². The topological polar surface area (TPSA) is 58.7 Å². The molecule has 4 nitrogen and oxygen atoms in total. The number of benzene rings is 1. The van der Waals surface area contributed by atoms with Crippen LogP contribution in [-0.2, 0) is 0 Å². The van der Waals surface area contributed by atoms with E-state index in [-0.39, 0.29) is 21.4 Å². The van der Waals surface area contributed by atoms with Crippen LogP contribution in [0.25, 0.3) is 5.69 Å². The molecule has 1 aromatic carbocycles. The third-order valence-corrected chi connectivity index (χ3v) is 2.88. The van der Waals surface area contributed by atoms with Crippen LogP contribution >= 0.6 is 11.3 Å². The summed E-state index contributed by atoms with van der Waals surface area (Å²) < 4.78 is 14.0. The van der Waals surface area contributed by atoms with E-state index in [0.717, 1.165) is 11.3 Å². The van der Waals surface area contributed by atoms with Gasteiger partial charge in [0.2, 0.25) is 4.80 Å². The van der Waals surface area contributed by atoms with Crippen LogP contribution in [0.15, 0.2) is 24.3 Å². The summed E-state index contributed by atoms with van der Waals surface area (Å²) in [6, 6.07) is 5.59. The van der Waals surface area contributed by atoms with Gasteiger partial charge < -0.3 is 0 Å². The number of carbonyl (C=O) groups is 1. The van der Waals surface area contributed by atoms with E-state index >= 15 is 0 Å². The molecule has 0 amide bonds. The highest BCUT2D eigenvalue weighted by Gasteiger charge is 2.09. The van der Waals surface area contributed by atoms with Gasteiger partial charge >= 0.3 is 0 Å². The summed E-state index contributed by atoms with van der Waals surface area (Å²) in [5.74, 6) is -0.530. The van der Waals surface area contributed by atoms with Gasteiger partial charge in [0.1, 0.15) is 5.82 Å². The van der Waals surface area contributed by atoms with Crippen molar-refractivity contribution >= 4 is 17.1 Å². The molecule has 2 rings (SSSR count). The van der Waals surface area contributed by atoms with Crippen molar-refractivity contribution < 1.29 is 9.18 Å². The molecule has 0 atom stereocenters. The van der Waals surface area contributed by atoms with Crippen molar-refractivity contribution in [2.75, 3.05) is 0 Å². The van der Waals surface area contributed by atoms with Crippen LogP contribution in [0.3, 0.4) is 0 Å². The van der Waals surface area contributed by atoms with E-state index in [1.165, 1.54) is 35.9 Å². The van der Waals surface area contributed by atoms with Crippen molar-refractivity contribution in [1.29, 1.82) is 5.41 Å². The van der Waals surface area contributed by atoms with Crippen LogP contribution in [0.1, 0.15) is 16.7 Å². The molecule has 82 valence electrons. The van der Waals surface area contributed by atoms with Crippen LogP contribution in [-0.4, -0.2) is 15.6 Å². The molecule has 6 heteroatoms. The van der Waals surface area contributed by atoms with Gasteiger partial charge in [0.05, 0.1) is 5.69 Å². The van der Waals surface area contributed by atoms with E-state index in [1.807, 2.05) is 0 Å². The predicted molar refractivity (Wildman–Crippen MR) is 57.3 cm³/mol. The van der Waals surface area contributed by atoms with Gasteiger partial charge in [-0.15, -0.1) is 0 Å². The molecule has 1 aromatic heterocycles. The summed E-state index contributed by atoms with van der Waals surface area (Å²) in [4.78, 5) is 11.2. The number of hydrogen-bond donors (Lipinski definition) is 1. The Morgan fingerprint density at radius 3 is 2.56 bits per heavy atom. The Labute approximate surface area is 94.5 Å². The molecule has 0 saturated heterocycles. The van der Waals surface area contributed by atoms with Crippen LogP contribution in [0.4, 0.5) is 4.39 Å². The van der Waals surface area contributed by atoms with E-state index in [4.69, 9.17) is 5.41 Å². The monoisotopic (exact) mass is 237 g/mol. The van der Waals surface area contributed by atoms with Crippen molar-refractivity contribution in [3.63, 3.8) is 0 Å². The van der Waals surface area contributed by atoms with Crippen LogP contribution < -0.4 is 4.80 Å². The first kappa shape index (κ1) is 10.7. The Bertz CT molecular complexity index is 585. The first-order valence-corrected chi connectivity index (χ1v) is 5.31. The highest BCUT2D eigenvalue weighted by Crippen LogP contribution is 2.08. The average Bonchev–Trinajstić information content (AvgIpc) is 2.62. The summed E-state index contributed by atoms with van der Waals surface area (Å²) in [6.45, 7) is 1.40. The Morgan fingerprint density at radius 1 is 1.44 bits per heavy atom. The van der Waals surface area contributed by atoms with E-state index in [0.29, 0.717) is 5.69 Å². The highest BCUT2D eigenvalue weighted by atomic mass is 32.1. The van der Waals surface area contributed by atoms with Gasteiger partial charge in [-0.05, 0) is 24.3 Å². The second-order valence-corrected chi connectivity index (χ2v) is 4.13. The van der Waals surface area contributed by atoms with Crippen LogP contribution in [0.2, 0.25) is 0 Å². The van der Waals surface area contributed by atoms with Crippen molar-refractivity contribution in [2.24, 2.45) is 0 Å². The Morgan fingerprint density at radius 2 is 2.06 bits per heavy atom. The zero-order valence-electron chi connectivity index (χ0n) is 8.40. The van der Waals surface area contributed by atoms with Gasteiger partial charge in [-0.1, -0.05) is 11.3 Å². The molecule has 16 heavy (non-hydrogen) atoms. The minimum atomic E-state index is -0.349. The Balaban J connectivity index is 2.52. The lowest BCUT2D eigenvalue weighted by Gasteiger charge is -1.99. The molecule has 1 heterocycles. The van der Waals surface area contributed by atoms with Gasteiger partial charge in [-0.25, -0.2) is 9.07 Å². The zero-order chi connectivity index (χ0) is 11.7. The van der Waals surface area contributed by atoms with E-state index in [2.05, 4.69) is 5.10 Å². The van der Waals surface area contributed by atoms with Gasteiger partial charge in [0.15, 0.2) is 10.8 Å². The van der Waals surface area contributed by atoms with Gasteiger partial charge in [0, 0.05) is 6.92 Å². The number of rotatable bonds is 2. The summed E-state index contributed by atoms with van der Waals surface area (Å²) in [7, 11) is 0. The van der Waals surface area contributed by atoms with E-state index in [9.17, 15) is 9.18 Å². The third-order valence-electron chi connectivity index (χ3n) is 1.95. The fourth-order valence-electron chi connectivity index (χ4n) is 1.19. The summed E-state index contributed by atoms with van der Waals surface area (Å²) in [5, 5.41) is 11.9. The number of hydrogen-bond acceptors (Lipinski definition) is 4. The maximum Gasteiger partial charge on any atom is 0.205 e. The molecule has 2 aromatic rings. The van der Waals surface area contributed by atoms with Gasteiger partial charge in [-0.2, -0.15) is 5.10 Å². The van der Waals surface area contributed by atoms with Gasteiger partial charge in [0.25, 0.3) is 0 Å². The number of aromatic nitrogens is 2. The Kier molecular flexibility index (Phi) is 2.66. The maximum absolute atomic E-state index is 12.7. The lowest BCUT2D eigenvalue weighted by molar-refractivity contribution is 0.101. The van der Waals surface area contributed by atoms with Crippen molar-refractivity contribution in [3.05, 3.63) is 39.9 Å².